The Kier molecular flexibility index (Phi) is 7.13. The van der Waals surface area contributed by atoms with Crippen molar-refractivity contribution in [2.75, 3.05) is 39.4 Å². The normalized spacial score (nSPS) is 26.0. The number of likely N-dealkylation sites (tertiary alicyclic amines) is 1. The van der Waals surface area contributed by atoms with E-state index in [4.69, 9.17) is 9.73 Å². The van der Waals surface area contributed by atoms with Crippen LogP contribution in [0.25, 0.3) is 0 Å². The highest BCUT2D eigenvalue weighted by Gasteiger charge is 2.32. The minimum atomic E-state index is -0.717. The maximum absolute atomic E-state index is 10.7. The molecule has 27 heavy (non-hydrogen) atoms. The zero-order valence-electron chi connectivity index (χ0n) is 16.9. The van der Waals surface area contributed by atoms with E-state index >= 15 is 0 Å². The van der Waals surface area contributed by atoms with Crippen molar-refractivity contribution in [1.82, 2.24) is 10.2 Å². The minimum absolute atomic E-state index is 0.452. The summed E-state index contributed by atoms with van der Waals surface area (Å²) in [5.74, 6) is 2.19. The summed E-state index contributed by atoms with van der Waals surface area (Å²) in [5, 5.41) is 14.2. The van der Waals surface area contributed by atoms with E-state index in [0.29, 0.717) is 44.4 Å². The molecule has 2 N–H and O–H groups in total. The van der Waals surface area contributed by atoms with Crippen LogP contribution in [0, 0.1) is 5.92 Å². The molecule has 1 aromatic rings. The number of hydrogen-bond donors (Lipinski definition) is 2. The highest BCUT2D eigenvalue weighted by Crippen LogP contribution is 2.35. The Morgan fingerprint density at radius 1 is 1.26 bits per heavy atom. The first-order chi connectivity index (χ1) is 13.1. The second-order valence-corrected chi connectivity index (χ2v) is 7.93. The van der Waals surface area contributed by atoms with Crippen molar-refractivity contribution in [3.63, 3.8) is 0 Å². The van der Waals surface area contributed by atoms with Crippen LogP contribution < -0.4 is 5.32 Å². The Labute approximate surface area is 163 Å². The number of aliphatic imine (C=N–C) groups is 1. The second-order valence-electron chi connectivity index (χ2n) is 7.93. The Hall–Kier alpha value is -1.59. The van der Waals surface area contributed by atoms with Gasteiger partial charge in [-0.15, -0.1) is 0 Å². The third-order valence-corrected chi connectivity index (χ3v) is 6.07. The van der Waals surface area contributed by atoms with E-state index in [0.717, 1.165) is 38.4 Å². The number of piperidine rings is 1. The molecule has 0 bridgehead atoms. The molecular formula is C22H35N3O2. The van der Waals surface area contributed by atoms with E-state index in [2.05, 4.69) is 54.4 Å². The van der Waals surface area contributed by atoms with Crippen molar-refractivity contribution in [3.05, 3.63) is 35.9 Å². The largest absolute Gasteiger partial charge is 0.388 e. The van der Waals surface area contributed by atoms with Gasteiger partial charge in [0.05, 0.1) is 12.1 Å². The van der Waals surface area contributed by atoms with Gasteiger partial charge in [-0.25, -0.2) is 0 Å². The molecule has 2 fully saturated rings. The van der Waals surface area contributed by atoms with Crippen molar-refractivity contribution in [3.8, 4) is 0 Å². The van der Waals surface area contributed by atoms with Gasteiger partial charge in [-0.05, 0) is 30.7 Å². The van der Waals surface area contributed by atoms with Crippen LogP contribution in [0.1, 0.15) is 51.0 Å². The van der Waals surface area contributed by atoms with E-state index in [-0.39, 0.29) is 0 Å². The summed E-state index contributed by atoms with van der Waals surface area (Å²) in [7, 11) is 0. The molecule has 5 nitrogen and oxygen atoms in total. The van der Waals surface area contributed by atoms with Crippen molar-refractivity contribution in [2.24, 2.45) is 10.9 Å². The molecule has 2 unspecified atom stereocenters. The highest BCUT2D eigenvalue weighted by molar-refractivity contribution is 5.80. The lowest BCUT2D eigenvalue weighted by Gasteiger charge is -2.40. The SMILES string of the molecule is CCNC(=NCC1(O)CCOCC1)N1CCC(c2ccccc2)C(CC)C1. The van der Waals surface area contributed by atoms with Crippen molar-refractivity contribution in [1.29, 1.82) is 0 Å². The number of aliphatic hydroxyl groups is 1. The molecule has 2 heterocycles. The molecule has 2 aliphatic heterocycles. The van der Waals surface area contributed by atoms with E-state index in [1.165, 1.54) is 5.56 Å². The molecular weight excluding hydrogens is 338 g/mol. The number of ether oxygens (including phenoxy) is 1. The van der Waals surface area contributed by atoms with Crippen LogP contribution in [0.2, 0.25) is 0 Å². The van der Waals surface area contributed by atoms with Gasteiger partial charge in [0.2, 0.25) is 0 Å². The number of hydrogen-bond acceptors (Lipinski definition) is 3. The molecule has 0 aliphatic carbocycles. The molecule has 0 amide bonds. The van der Waals surface area contributed by atoms with Crippen molar-refractivity contribution >= 4 is 5.96 Å². The summed E-state index contributed by atoms with van der Waals surface area (Å²) in [6.45, 7) is 8.97. The minimum Gasteiger partial charge on any atom is -0.388 e. The van der Waals surface area contributed by atoms with Crippen LogP contribution in [0.5, 0.6) is 0 Å². The van der Waals surface area contributed by atoms with Gasteiger partial charge in [0.15, 0.2) is 5.96 Å². The topological polar surface area (TPSA) is 57.1 Å². The number of guanidine groups is 1. The molecule has 150 valence electrons. The van der Waals surface area contributed by atoms with E-state index in [1.54, 1.807) is 0 Å². The van der Waals surface area contributed by atoms with Gasteiger partial charge in [-0.2, -0.15) is 0 Å². The first kappa shape index (κ1) is 20.2. The maximum atomic E-state index is 10.7. The Bertz CT molecular complexity index is 599. The summed E-state index contributed by atoms with van der Waals surface area (Å²) in [5.41, 5.74) is 0.744. The molecule has 2 aliphatic rings. The average Bonchev–Trinajstić information content (AvgIpc) is 2.72. The first-order valence-corrected chi connectivity index (χ1v) is 10.5. The summed E-state index contributed by atoms with van der Waals surface area (Å²) in [6.07, 6.45) is 3.65. The Morgan fingerprint density at radius 2 is 2.00 bits per heavy atom. The fourth-order valence-corrected chi connectivity index (χ4v) is 4.33. The van der Waals surface area contributed by atoms with Gasteiger partial charge in [0.25, 0.3) is 0 Å². The third-order valence-electron chi connectivity index (χ3n) is 6.07. The van der Waals surface area contributed by atoms with Crippen LogP contribution >= 0.6 is 0 Å². The summed E-state index contributed by atoms with van der Waals surface area (Å²) >= 11 is 0. The number of rotatable bonds is 5. The molecule has 1 aromatic carbocycles. The molecule has 2 saturated heterocycles. The predicted octanol–water partition coefficient (Wildman–Crippen LogP) is 3.01. The van der Waals surface area contributed by atoms with Gasteiger partial charge in [-0.3, -0.25) is 4.99 Å². The first-order valence-electron chi connectivity index (χ1n) is 10.5. The lowest BCUT2D eigenvalue weighted by molar-refractivity contribution is -0.0567. The monoisotopic (exact) mass is 373 g/mol. The van der Waals surface area contributed by atoms with Crippen LogP contribution in [0.3, 0.4) is 0 Å². The molecule has 3 rings (SSSR count). The Morgan fingerprint density at radius 3 is 2.67 bits per heavy atom. The lowest BCUT2D eigenvalue weighted by atomic mass is 9.79. The number of benzene rings is 1. The average molecular weight is 374 g/mol. The summed E-state index contributed by atoms with van der Waals surface area (Å²) in [6, 6.07) is 10.9. The van der Waals surface area contributed by atoms with Crippen molar-refractivity contribution in [2.45, 2.75) is 51.0 Å². The zero-order valence-corrected chi connectivity index (χ0v) is 16.9. The van der Waals surface area contributed by atoms with Gasteiger partial charge in [0, 0.05) is 45.7 Å². The second kappa shape index (κ2) is 9.56. The fraction of sp³-hybridized carbons (Fsp3) is 0.682. The van der Waals surface area contributed by atoms with Gasteiger partial charge in [-0.1, -0.05) is 43.7 Å². The van der Waals surface area contributed by atoms with Crippen molar-refractivity contribution < 1.29 is 9.84 Å². The summed E-state index contributed by atoms with van der Waals surface area (Å²) < 4.78 is 5.38. The quantitative estimate of drug-likeness (QED) is 0.615. The van der Waals surface area contributed by atoms with Gasteiger partial charge < -0.3 is 20.1 Å². The fourth-order valence-electron chi connectivity index (χ4n) is 4.33. The maximum Gasteiger partial charge on any atom is 0.194 e. The van der Waals surface area contributed by atoms with Gasteiger partial charge in [0.1, 0.15) is 0 Å². The van der Waals surface area contributed by atoms with Crippen LogP contribution in [-0.4, -0.2) is 61.0 Å². The third kappa shape index (κ3) is 5.23. The van der Waals surface area contributed by atoms with E-state index < -0.39 is 5.60 Å². The number of nitrogens with zero attached hydrogens (tertiary/aromatic N) is 2. The molecule has 5 heteroatoms. The molecule has 0 saturated carbocycles. The molecule has 0 aromatic heterocycles. The smallest absolute Gasteiger partial charge is 0.194 e. The lowest BCUT2D eigenvalue weighted by Crippen LogP contribution is -2.49. The van der Waals surface area contributed by atoms with Crippen LogP contribution in [-0.2, 0) is 4.74 Å². The highest BCUT2D eigenvalue weighted by atomic mass is 16.5. The summed E-state index contributed by atoms with van der Waals surface area (Å²) in [4.78, 5) is 7.21. The van der Waals surface area contributed by atoms with Crippen LogP contribution in [0.15, 0.2) is 35.3 Å². The zero-order chi connectivity index (χ0) is 19.1. The predicted molar refractivity (Wildman–Crippen MR) is 110 cm³/mol. The molecule has 0 spiro atoms. The van der Waals surface area contributed by atoms with Crippen LogP contribution in [0.4, 0.5) is 0 Å². The standard InChI is InChI=1S/C22H35N3O2/c1-3-18-16-25(13-10-20(18)19-8-6-5-7-9-19)21(23-4-2)24-17-22(26)11-14-27-15-12-22/h5-9,18,20,26H,3-4,10-17H2,1-2H3,(H,23,24). The number of nitrogens with one attached hydrogen (secondary N) is 1. The molecule has 0 radical (unpaired) electrons. The van der Waals surface area contributed by atoms with E-state index in [9.17, 15) is 5.11 Å². The molecule has 2 atom stereocenters. The van der Waals surface area contributed by atoms with E-state index in [1.807, 2.05) is 0 Å². The van der Waals surface area contributed by atoms with Gasteiger partial charge >= 0.3 is 0 Å². The Balaban J connectivity index is 1.68.